The molecule has 0 amide bonds. The van der Waals surface area contributed by atoms with Crippen molar-refractivity contribution in [2.45, 2.75) is 36.9 Å². The van der Waals surface area contributed by atoms with Crippen LogP contribution in [0.4, 0.5) is 5.69 Å². The third-order valence-electron chi connectivity index (χ3n) is 9.89. The van der Waals surface area contributed by atoms with Crippen molar-refractivity contribution in [2.75, 3.05) is 38.8 Å². The van der Waals surface area contributed by atoms with E-state index in [2.05, 4.69) is 35.9 Å². The van der Waals surface area contributed by atoms with Crippen LogP contribution in [0.5, 0.6) is 5.75 Å². The number of anilines is 1. The summed E-state index contributed by atoms with van der Waals surface area (Å²) in [5, 5.41) is 11.3. The van der Waals surface area contributed by atoms with E-state index >= 15 is 0 Å². The zero-order valence-corrected chi connectivity index (χ0v) is 19.9. The molecule has 5 bridgehead atoms. The van der Waals surface area contributed by atoms with Gasteiger partial charge in [-0.05, 0) is 43.0 Å². The van der Waals surface area contributed by atoms with Gasteiger partial charge in [-0.3, -0.25) is 9.69 Å². The van der Waals surface area contributed by atoms with Gasteiger partial charge in [-0.2, -0.15) is 0 Å². The molecule has 3 saturated heterocycles. The molecule has 2 aromatic carbocycles. The molecule has 5 atom stereocenters. The number of piperidine rings is 2. The van der Waals surface area contributed by atoms with Crippen LogP contribution in [-0.2, 0) is 19.7 Å². The largest absolute Gasteiger partial charge is 0.507 e. The van der Waals surface area contributed by atoms with E-state index in [1.54, 1.807) is 0 Å². The van der Waals surface area contributed by atoms with E-state index in [1.165, 1.54) is 12.7 Å². The van der Waals surface area contributed by atoms with Crippen LogP contribution in [0.15, 0.2) is 54.1 Å². The standard InChI is InChI=1S/C28H30N2O4/c1-4-17-15-30-11-10-27-21-13-23(31)19(18-8-6-5-7-9-18)12-22(21)29(2)28(27)24(30)14-20(17)26(27,16-34-28)25(32)33-3/h4-9,12-13,20,24,31H,10-11,14-16H2,1-3H3/b17-4-/t20-,24-,26-,27-,28+/m0/s1. The molecule has 0 spiro atoms. The number of nitrogens with zero attached hydrogens (tertiary/aromatic N) is 2. The van der Waals surface area contributed by atoms with Crippen LogP contribution in [0.25, 0.3) is 11.1 Å². The minimum absolute atomic E-state index is 0.0671. The summed E-state index contributed by atoms with van der Waals surface area (Å²) in [6.45, 7) is 4.19. The van der Waals surface area contributed by atoms with Gasteiger partial charge in [-0.15, -0.1) is 0 Å². The summed E-state index contributed by atoms with van der Waals surface area (Å²) in [4.78, 5) is 18.7. The summed E-state index contributed by atoms with van der Waals surface area (Å²) < 4.78 is 12.5. The molecule has 4 fully saturated rings. The molecule has 1 N–H and O–H groups in total. The highest BCUT2D eigenvalue weighted by Gasteiger charge is 2.86. The molecule has 2 aromatic rings. The van der Waals surface area contributed by atoms with Crippen LogP contribution in [0.3, 0.4) is 0 Å². The van der Waals surface area contributed by atoms with E-state index < -0.39 is 16.6 Å². The normalized spacial score (nSPS) is 38.2. The zero-order chi connectivity index (χ0) is 23.5. The predicted octanol–water partition coefficient (Wildman–Crippen LogP) is 3.69. The topological polar surface area (TPSA) is 62.2 Å². The van der Waals surface area contributed by atoms with Gasteiger partial charge in [-0.1, -0.05) is 42.0 Å². The maximum Gasteiger partial charge on any atom is 0.315 e. The van der Waals surface area contributed by atoms with Crippen molar-refractivity contribution in [1.82, 2.24) is 4.90 Å². The maximum atomic E-state index is 13.9. The second-order valence-electron chi connectivity index (χ2n) is 10.6. The van der Waals surface area contributed by atoms with Gasteiger partial charge in [0, 0.05) is 37.3 Å². The number of esters is 1. The van der Waals surface area contributed by atoms with Gasteiger partial charge >= 0.3 is 5.97 Å². The second kappa shape index (κ2) is 6.43. The summed E-state index contributed by atoms with van der Waals surface area (Å²) in [6.07, 6.45) is 3.87. The first kappa shape index (κ1) is 20.5. The number of likely N-dealkylation sites (N-methyl/N-ethyl adjacent to an activating group) is 1. The van der Waals surface area contributed by atoms with E-state index in [0.29, 0.717) is 6.61 Å². The lowest BCUT2D eigenvalue weighted by Crippen LogP contribution is -2.80. The average molecular weight is 459 g/mol. The number of carbonyl (C=O) groups excluding carboxylic acids is 1. The van der Waals surface area contributed by atoms with Crippen LogP contribution in [-0.4, -0.2) is 61.6 Å². The van der Waals surface area contributed by atoms with E-state index in [1.807, 2.05) is 36.4 Å². The molecule has 7 rings (SSSR count). The SMILES string of the molecule is C/C=C1/CN2CC[C@@]34c5cc(O)c(-c6ccccc6)cc5N(C)[C@]35OC[C@@]4(C(=O)OC)[C@H]1C[C@H]25. The van der Waals surface area contributed by atoms with E-state index in [0.717, 1.165) is 48.3 Å². The number of aromatic hydroxyl groups is 1. The molecule has 5 aliphatic rings. The van der Waals surface area contributed by atoms with Crippen LogP contribution in [0.2, 0.25) is 0 Å². The van der Waals surface area contributed by atoms with E-state index in [-0.39, 0.29) is 23.7 Å². The quantitative estimate of drug-likeness (QED) is 0.547. The Kier molecular flexibility index (Phi) is 3.89. The molecule has 6 heteroatoms. The van der Waals surface area contributed by atoms with Crippen molar-refractivity contribution in [1.29, 1.82) is 0 Å². The maximum absolute atomic E-state index is 13.9. The molecule has 1 aliphatic carbocycles. The van der Waals surface area contributed by atoms with Gasteiger partial charge in [-0.25, -0.2) is 0 Å². The lowest BCUT2D eigenvalue weighted by molar-refractivity contribution is -0.184. The molecule has 1 saturated carbocycles. The number of benzene rings is 2. The first-order chi connectivity index (χ1) is 16.5. The number of fused-ring (bicyclic) bond motifs is 3. The summed E-state index contributed by atoms with van der Waals surface area (Å²) >= 11 is 0. The van der Waals surface area contributed by atoms with E-state index in [9.17, 15) is 9.90 Å². The summed E-state index contributed by atoms with van der Waals surface area (Å²) in [7, 11) is 3.61. The van der Waals surface area contributed by atoms with Crippen LogP contribution < -0.4 is 4.90 Å². The monoisotopic (exact) mass is 458 g/mol. The number of carbonyl (C=O) groups is 1. The Labute approximate surface area is 199 Å². The third kappa shape index (κ3) is 1.91. The van der Waals surface area contributed by atoms with E-state index in [4.69, 9.17) is 9.47 Å². The molecule has 0 radical (unpaired) electrons. The molecule has 0 aromatic heterocycles. The van der Waals surface area contributed by atoms with Crippen molar-refractivity contribution < 1.29 is 19.4 Å². The molecule has 4 heterocycles. The smallest absolute Gasteiger partial charge is 0.315 e. The van der Waals surface area contributed by atoms with Crippen LogP contribution in [0.1, 0.15) is 25.3 Å². The highest BCUT2D eigenvalue weighted by atomic mass is 16.6. The average Bonchev–Trinajstić information content (AvgIpc) is 3.24. The fourth-order valence-electron chi connectivity index (χ4n) is 8.67. The fraction of sp³-hybridized carbons (Fsp3) is 0.464. The minimum atomic E-state index is -0.813. The van der Waals surface area contributed by atoms with Crippen LogP contribution >= 0.6 is 0 Å². The summed E-state index contributed by atoms with van der Waals surface area (Å²) in [6, 6.07) is 14.2. The molecule has 6 nitrogen and oxygen atoms in total. The summed E-state index contributed by atoms with van der Waals surface area (Å²) in [5.74, 6) is 0.131. The third-order valence-corrected chi connectivity index (χ3v) is 9.89. The van der Waals surface area contributed by atoms with Crippen molar-refractivity contribution in [3.05, 3.63) is 59.7 Å². The molecule has 4 aliphatic heterocycles. The second-order valence-corrected chi connectivity index (χ2v) is 10.6. The fourth-order valence-corrected chi connectivity index (χ4v) is 8.67. The van der Waals surface area contributed by atoms with Crippen molar-refractivity contribution in [3.8, 4) is 16.9 Å². The van der Waals surface area contributed by atoms with Crippen molar-refractivity contribution >= 4 is 11.7 Å². The highest BCUT2D eigenvalue weighted by Crippen LogP contribution is 2.76. The molecular weight excluding hydrogens is 428 g/mol. The minimum Gasteiger partial charge on any atom is -0.507 e. The summed E-state index contributed by atoms with van der Waals surface area (Å²) in [5.41, 5.74) is 3.10. The first-order valence-electron chi connectivity index (χ1n) is 12.2. The lowest BCUT2D eigenvalue weighted by atomic mass is 9.43. The van der Waals surface area contributed by atoms with Gasteiger partial charge in [0.15, 0.2) is 5.72 Å². The van der Waals surface area contributed by atoms with Crippen LogP contribution in [0, 0.1) is 11.3 Å². The number of hydrogen-bond acceptors (Lipinski definition) is 6. The molecule has 34 heavy (non-hydrogen) atoms. The predicted molar refractivity (Wildman–Crippen MR) is 129 cm³/mol. The Hall–Kier alpha value is -2.83. The number of phenolic OH excluding ortho intramolecular Hbond substituents is 1. The van der Waals surface area contributed by atoms with Crippen molar-refractivity contribution in [2.24, 2.45) is 11.3 Å². The number of methoxy groups -OCH3 is 1. The Morgan fingerprint density at radius 1 is 1.26 bits per heavy atom. The number of allylic oxidation sites excluding steroid dienone is 1. The van der Waals surface area contributed by atoms with Gasteiger partial charge in [0.25, 0.3) is 0 Å². The number of phenols is 1. The van der Waals surface area contributed by atoms with Gasteiger partial charge in [0.05, 0.1) is 25.2 Å². The van der Waals surface area contributed by atoms with Gasteiger partial charge in [0.2, 0.25) is 0 Å². The van der Waals surface area contributed by atoms with Crippen molar-refractivity contribution in [3.63, 3.8) is 0 Å². The zero-order valence-electron chi connectivity index (χ0n) is 19.9. The molecular formula is C28H30N2O4. The lowest BCUT2D eigenvalue weighted by Gasteiger charge is -2.66. The molecule has 176 valence electrons. The Morgan fingerprint density at radius 3 is 2.79 bits per heavy atom. The van der Waals surface area contributed by atoms with Gasteiger partial charge < -0.3 is 19.5 Å². The Balaban J connectivity index is 1.55. The number of rotatable bonds is 2. The Bertz CT molecular complexity index is 1260. The van der Waals surface area contributed by atoms with Gasteiger partial charge in [0.1, 0.15) is 11.2 Å². The number of ether oxygens (including phenoxy) is 2. The Morgan fingerprint density at radius 2 is 2.06 bits per heavy atom. The number of hydrogen-bond donors (Lipinski definition) is 1. The molecule has 0 unspecified atom stereocenters. The first-order valence-corrected chi connectivity index (χ1v) is 12.2. The highest BCUT2D eigenvalue weighted by molar-refractivity contribution is 5.88.